The van der Waals surface area contributed by atoms with E-state index in [0.717, 1.165) is 0 Å². The molecular weight excluding hydrogens is 572 g/mol. The number of carbonyl (C=O) groups excluding carboxylic acids is 2. The lowest BCUT2D eigenvalue weighted by Crippen LogP contribution is -2.36. The molecule has 12 heteroatoms. The molecule has 0 rings (SSSR count). The average Bonchev–Trinajstić information content (AvgIpc) is 2.94. The topological polar surface area (TPSA) is 132 Å². The van der Waals surface area contributed by atoms with Crippen LogP contribution in [0, 0.1) is 16.7 Å². The van der Waals surface area contributed by atoms with Crippen LogP contribution in [-0.4, -0.2) is 131 Å². The molecule has 0 aliphatic heterocycles. The lowest BCUT2D eigenvalue weighted by atomic mass is 9.67. The van der Waals surface area contributed by atoms with Crippen molar-refractivity contribution in [3.05, 3.63) is 0 Å². The first kappa shape index (κ1) is 42.6. The van der Waals surface area contributed by atoms with Crippen LogP contribution in [0.2, 0.25) is 0 Å². The van der Waals surface area contributed by atoms with Crippen LogP contribution in [0.15, 0.2) is 0 Å². The lowest BCUT2D eigenvalue weighted by molar-refractivity contribution is -0.123. The molecule has 2 N–H and O–H groups in total. The Morgan fingerprint density at radius 1 is 0.477 bits per heavy atom. The van der Waals surface area contributed by atoms with Gasteiger partial charge in [-0.2, -0.15) is 0 Å². The van der Waals surface area contributed by atoms with Crippen LogP contribution >= 0.6 is 0 Å². The summed E-state index contributed by atoms with van der Waals surface area (Å²) in [6.07, 6.45) is 0.586. The summed E-state index contributed by atoms with van der Waals surface area (Å²) in [5.41, 5.74) is 0.355. The molecule has 0 aromatic rings. The second-order valence-electron chi connectivity index (χ2n) is 12.4. The van der Waals surface area contributed by atoms with Crippen molar-refractivity contribution in [2.45, 2.75) is 61.3 Å². The van der Waals surface area contributed by atoms with Gasteiger partial charge in [-0.15, -0.1) is 0 Å². The Morgan fingerprint density at radius 3 is 1.16 bits per heavy atom. The van der Waals surface area contributed by atoms with E-state index >= 15 is 0 Å². The zero-order valence-electron chi connectivity index (χ0n) is 28.8. The quantitative estimate of drug-likeness (QED) is 0.114. The second kappa shape index (κ2) is 27.9. The summed E-state index contributed by atoms with van der Waals surface area (Å²) in [6.45, 7) is 24.0. The summed E-state index contributed by atoms with van der Waals surface area (Å²) >= 11 is 0. The van der Waals surface area contributed by atoms with Gasteiger partial charge in [-0.3, -0.25) is 9.59 Å². The van der Waals surface area contributed by atoms with Crippen molar-refractivity contribution < 1.29 is 47.5 Å². The van der Waals surface area contributed by atoms with E-state index in [1.165, 1.54) is 0 Å². The third-order valence-corrected chi connectivity index (χ3v) is 6.52. The number of amides is 2. The number of nitrogens with one attached hydrogen (secondary N) is 2. The highest BCUT2D eigenvalue weighted by atomic mass is 16.6. The Bertz CT molecular complexity index is 669. The van der Waals surface area contributed by atoms with Gasteiger partial charge in [-0.1, -0.05) is 41.5 Å². The standard InChI is InChI=1S/C32H64N2O10/c1-8-37-17-18-40-15-11-33-29(35)9-13-38-19-21-42-23-24-43-22-20-39-14-10-30(36)34-12-16-41-25-26-44-27-28(31(2,3)4)32(5,6)7/h28H,8-27H2,1-7H3,(H,33,35)(H,34,36). The molecule has 0 aromatic carbocycles. The molecule has 12 nitrogen and oxygen atoms in total. The minimum absolute atomic E-state index is 0.0705. The van der Waals surface area contributed by atoms with Gasteiger partial charge >= 0.3 is 0 Å². The van der Waals surface area contributed by atoms with E-state index in [4.69, 9.17) is 37.9 Å². The zero-order valence-corrected chi connectivity index (χ0v) is 28.8. The molecule has 0 unspecified atom stereocenters. The van der Waals surface area contributed by atoms with Crippen LogP contribution in [0.5, 0.6) is 0 Å². The van der Waals surface area contributed by atoms with Crippen LogP contribution in [-0.2, 0) is 47.5 Å². The third-order valence-electron chi connectivity index (χ3n) is 6.52. The molecule has 262 valence electrons. The van der Waals surface area contributed by atoms with Crippen molar-refractivity contribution in [2.24, 2.45) is 16.7 Å². The maximum atomic E-state index is 11.9. The van der Waals surface area contributed by atoms with Gasteiger partial charge in [0.25, 0.3) is 0 Å². The normalized spacial score (nSPS) is 12.2. The number of hydrogen-bond acceptors (Lipinski definition) is 10. The van der Waals surface area contributed by atoms with Gasteiger partial charge < -0.3 is 48.5 Å². The Kier molecular flexibility index (Phi) is 27.0. The molecule has 44 heavy (non-hydrogen) atoms. The summed E-state index contributed by atoms with van der Waals surface area (Å²) in [6, 6.07) is 0. The average molecular weight is 637 g/mol. The molecule has 0 heterocycles. The predicted molar refractivity (Wildman–Crippen MR) is 170 cm³/mol. The first-order chi connectivity index (χ1) is 21.0. The highest BCUT2D eigenvalue weighted by Crippen LogP contribution is 2.39. The van der Waals surface area contributed by atoms with E-state index in [0.29, 0.717) is 131 Å². The van der Waals surface area contributed by atoms with E-state index in [2.05, 4.69) is 52.2 Å². The molecule has 0 saturated carbocycles. The van der Waals surface area contributed by atoms with Crippen molar-refractivity contribution in [1.82, 2.24) is 10.6 Å². The largest absolute Gasteiger partial charge is 0.379 e. The molecule has 0 aromatic heterocycles. The minimum atomic E-state index is -0.0706. The summed E-state index contributed by atoms with van der Waals surface area (Å²) in [5.74, 6) is 0.304. The fourth-order valence-electron chi connectivity index (χ4n) is 4.38. The third kappa shape index (κ3) is 28.1. The summed E-state index contributed by atoms with van der Waals surface area (Å²) in [4.78, 5) is 23.6. The number of hydrogen-bond donors (Lipinski definition) is 2. The van der Waals surface area contributed by atoms with Crippen LogP contribution in [0.4, 0.5) is 0 Å². The summed E-state index contributed by atoms with van der Waals surface area (Å²) in [5, 5.41) is 5.60. The van der Waals surface area contributed by atoms with E-state index in [-0.39, 0.29) is 29.1 Å². The van der Waals surface area contributed by atoms with Gasteiger partial charge in [0.1, 0.15) is 0 Å². The van der Waals surface area contributed by atoms with E-state index in [1.807, 2.05) is 6.92 Å². The molecule has 0 atom stereocenters. The SMILES string of the molecule is CCOCCOCCNC(=O)CCOCCOCCOCCOCCC(=O)NCCOCCOCC(C(C)(C)C)C(C)(C)C. The van der Waals surface area contributed by atoms with Gasteiger partial charge in [0, 0.05) is 32.5 Å². The van der Waals surface area contributed by atoms with Crippen LogP contribution < -0.4 is 10.6 Å². The van der Waals surface area contributed by atoms with Crippen molar-refractivity contribution in [2.75, 3.05) is 119 Å². The summed E-state index contributed by atoms with van der Waals surface area (Å²) < 4.78 is 43.7. The Hall–Kier alpha value is -1.38. The monoisotopic (exact) mass is 636 g/mol. The van der Waals surface area contributed by atoms with Crippen molar-refractivity contribution in [3.8, 4) is 0 Å². The summed E-state index contributed by atoms with van der Waals surface area (Å²) in [7, 11) is 0. The van der Waals surface area contributed by atoms with E-state index in [9.17, 15) is 9.59 Å². The molecule has 0 bridgehead atoms. The molecule has 0 radical (unpaired) electrons. The molecule has 0 aliphatic carbocycles. The Labute approximate surface area is 266 Å². The zero-order chi connectivity index (χ0) is 32.9. The number of rotatable bonds is 30. The smallest absolute Gasteiger partial charge is 0.222 e. The molecule has 0 spiro atoms. The fraction of sp³-hybridized carbons (Fsp3) is 0.938. The Morgan fingerprint density at radius 2 is 0.795 bits per heavy atom. The van der Waals surface area contributed by atoms with Gasteiger partial charge in [-0.05, 0) is 23.7 Å². The molecule has 2 amide bonds. The predicted octanol–water partition coefficient (Wildman–Crippen LogP) is 2.86. The van der Waals surface area contributed by atoms with E-state index in [1.54, 1.807) is 0 Å². The number of ether oxygens (including phenoxy) is 8. The molecular formula is C32H64N2O10. The molecule has 0 aliphatic rings. The maximum Gasteiger partial charge on any atom is 0.222 e. The fourth-order valence-corrected chi connectivity index (χ4v) is 4.38. The van der Waals surface area contributed by atoms with Crippen LogP contribution in [0.3, 0.4) is 0 Å². The van der Waals surface area contributed by atoms with Crippen LogP contribution in [0.1, 0.15) is 61.3 Å². The van der Waals surface area contributed by atoms with Crippen molar-refractivity contribution in [3.63, 3.8) is 0 Å². The first-order valence-electron chi connectivity index (χ1n) is 16.1. The lowest BCUT2D eigenvalue weighted by Gasteiger charge is -2.40. The Balaban J connectivity index is 3.39. The van der Waals surface area contributed by atoms with Crippen molar-refractivity contribution in [1.29, 1.82) is 0 Å². The van der Waals surface area contributed by atoms with Gasteiger partial charge in [0.15, 0.2) is 0 Å². The van der Waals surface area contributed by atoms with Crippen LogP contribution in [0.25, 0.3) is 0 Å². The number of carbonyl (C=O) groups is 2. The van der Waals surface area contributed by atoms with Gasteiger partial charge in [0.2, 0.25) is 11.8 Å². The van der Waals surface area contributed by atoms with E-state index < -0.39 is 0 Å². The second-order valence-corrected chi connectivity index (χ2v) is 12.4. The molecule has 0 saturated heterocycles. The van der Waals surface area contributed by atoms with Crippen molar-refractivity contribution >= 4 is 11.8 Å². The van der Waals surface area contributed by atoms with Gasteiger partial charge in [-0.25, -0.2) is 0 Å². The highest BCUT2D eigenvalue weighted by Gasteiger charge is 2.34. The maximum absolute atomic E-state index is 11.9. The molecule has 0 fully saturated rings. The first-order valence-corrected chi connectivity index (χ1v) is 16.1. The van der Waals surface area contributed by atoms with Gasteiger partial charge in [0.05, 0.1) is 99.1 Å². The minimum Gasteiger partial charge on any atom is -0.379 e. The highest BCUT2D eigenvalue weighted by molar-refractivity contribution is 5.76.